The number of aliphatic hydroxyl groups excluding tert-OH is 3. The number of hydrogen-bond donors (Lipinski definition) is 3. The molecule has 3 rings (SSSR count). The largest absolute Gasteiger partial charge is 1.00 e. The zero-order valence-electron chi connectivity index (χ0n) is 25.9. The van der Waals surface area contributed by atoms with Crippen LogP contribution in [0.1, 0.15) is 63.9 Å². The summed E-state index contributed by atoms with van der Waals surface area (Å²) >= 11 is 10.2. The molecule has 2 aromatic carbocycles. The minimum absolute atomic E-state index is 0. The van der Waals surface area contributed by atoms with Crippen molar-refractivity contribution in [1.82, 2.24) is 0 Å². The van der Waals surface area contributed by atoms with Crippen LogP contribution in [0.3, 0.4) is 0 Å². The Morgan fingerprint density at radius 3 is 1.61 bits per heavy atom. The average molecular weight is 783 g/mol. The van der Waals surface area contributed by atoms with Crippen molar-refractivity contribution >= 4 is 47.8 Å². The molecule has 1 fully saturated rings. The molecule has 0 spiro atoms. The van der Waals surface area contributed by atoms with Crippen molar-refractivity contribution in [2.45, 2.75) is 63.3 Å². The fourth-order valence-electron chi connectivity index (χ4n) is 3.30. The quantitative estimate of drug-likeness (QED) is 0.147. The molecule has 0 saturated carbocycles. The average Bonchev–Trinajstić information content (AvgIpc) is 3.57. The van der Waals surface area contributed by atoms with Gasteiger partial charge in [-0.25, -0.2) is 0 Å². The van der Waals surface area contributed by atoms with Crippen molar-refractivity contribution < 1.29 is 65.3 Å². The fourth-order valence-corrected chi connectivity index (χ4v) is 4.55. The van der Waals surface area contributed by atoms with Gasteiger partial charge in [-0.05, 0) is 87.8 Å². The van der Waals surface area contributed by atoms with Crippen LogP contribution in [0.5, 0.6) is 11.5 Å². The summed E-state index contributed by atoms with van der Waals surface area (Å²) in [4.78, 5) is 0. The first-order chi connectivity index (χ1) is 19.5. The van der Waals surface area contributed by atoms with Crippen LogP contribution < -0.4 is 39.0 Å². The van der Waals surface area contributed by atoms with Gasteiger partial charge in [0, 0.05) is 65.0 Å². The van der Waals surface area contributed by atoms with Crippen LogP contribution in [0.15, 0.2) is 45.3 Å². The van der Waals surface area contributed by atoms with E-state index < -0.39 is 0 Å². The number of benzene rings is 2. The molecule has 232 valence electrons. The third kappa shape index (κ3) is 24.3. The Balaban J connectivity index is -0.000000523. The minimum atomic E-state index is 0. The molecule has 0 aliphatic carbocycles. The van der Waals surface area contributed by atoms with Gasteiger partial charge < -0.3 is 35.7 Å². The van der Waals surface area contributed by atoms with Crippen LogP contribution >= 0.6 is 47.8 Å². The van der Waals surface area contributed by atoms with E-state index in [1.54, 1.807) is 14.2 Å². The first-order valence-corrected chi connectivity index (χ1v) is 16.4. The molecule has 0 amide bonds. The molecule has 0 atom stereocenters. The monoisotopic (exact) mass is 780 g/mol. The van der Waals surface area contributed by atoms with Crippen LogP contribution in [0.4, 0.5) is 0 Å². The number of methoxy groups -OCH3 is 2. The zero-order valence-corrected chi connectivity index (χ0v) is 31.6. The first kappa shape index (κ1) is 43.4. The zero-order chi connectivity index (χ0) is 29.8. The molecular formula is C30H48Br3NaO7. The predicted molar refractivity (Wildman–Crippen MR) is 174 cm³/mol. The topological polar surface area (TPSA) is 97.6 Å². The molecule has 1 heterocycles. The van der Waals surface area contributed by atoms with Crippen molar-refractivity contribution in [3.8, 4) is 11.5 Å². The second-order valence-electron chi connectivity index (χ2n) is 8.71. The van der Waals surface area contributed by atoms with Gasteiger partial charge in [-0.2, -0.15) is 0 Å². The Hall–Kier alpha value is 0.280. The van der Waals surface area contributed by atoms with Crippen molar-refractivity contribution in [3.63, 3.8) is 0 Å². The fraction of sp³-hybridized carbons (Fsp3) is 0.600. The maximum absolute atomic E-state index is 8.64. The molecule has 1 aliphatic rings. The molecule has 11 heteroatoms. The molecule has 1 aliphatic heterocycles. The molecule has 0 bridgehead atoms. The van der Waals surface area contributed by atoms with Gasteiger partial charge in [0.1, 0.15) is 11.5 Å². The van der Waals surface area contributed by atoms with E-state index >= 15 is 0 Å². The van der Waals surface area contributed by atoms with Crippen molar-refractivity contribution in [2.75, 3.05) is 53.9 Å². The Labute approximate surface area is 295 Å². The summed E-state index contributed by atoms with van der Waals surface area (Å²) in [6.45, 7) is 4.04. The second-order valence-corrected chi connectivity index (χ2v) is 11.1. The Morgan fingerprint density at radius 1 is 0.732 bits per heavy atom. The van der Waals surface area contributed by atoms with Gasteiger partial charge in [0.15, 0.2) is 0 Å². The number of unbranched alkanes of at least 4 members (excludes halogenated alkanes) is 4. The predicted octanol–water partition coefficient (Wildman–Crippen LogP) is 4.54. The number of alkyl halides is 1. The van der Waals surface area contributed by atoms with E-state index in [9.17, 15) is 0 Å². The molecule has 0 radical (unpaired) electrons. The molecule has 0 unspecified atom stereocenters. The molecular weight excluding hydrogens is 735 g/mol. The second kappa shape index (κ2) is 31.7. The standard InChI is InChI=1S/C13H19BrO3.C8H8Br2O.C5H12O2.C4H8O.Na.H/c1-16-13-6-5-12(14)9-11(13)10-17-8-4-2-3-7-15;1-11-8-3-2-7(10)4-6(8)5-9;6-4-2-1-3-5-7;1-2-4-5-3-1;;/h5-6,9,15H,2-4,7-8,10H2,1H3;2-4H,5H2,1H3;6-7H,1-5H2;1-4H2;;/q;;;;+1;-1. The first-order valence-electron chi connectivity index (χ1n) is 13.7. The number of ether oxygens (including phenoxy) is 4. The smallest absolute Gasteiger partial charge is 1.00 e. The summed E-state index contributed by atoms with van der Waals surface area (Å²) in [5.74, 6) is 1.77. The summed E-state index contributed by atoms with van der Waals surface area (Å²) in [7, 11) is 3.34. The number of aliphatic hydroxyl groups is 3. The van der Waals surface area contributed by atoms with Crippen molar-refractivity contribution in [2.24, 2.45) is 0 Å². The molecule has 1 saturated heterocycles. The van der Waals surface area contributed by atoms with Gasteiger partial charge in [-0.1, -0.05) is 47.8 Å². The summed E-state index contributed by atoms with van der Waals surface area (Å²) in [5, 5.41) is 25.9. The Morgan fingerprint density at radius 2 is 1.20 bits per heavy atom. The summed E-state index contributed by atoms with van der Waals surface area (Å²) < 4.78 is 23.0. The number of halogens is 3. The number of rotatable bonds is 14. The molecule has 3 N–H and O–H groups in total. The van der Waals surface area contributed by atoms with E-state index in [4.69, 9.17) is 34.3 Å². The third-order valence-corrected chi connectivity index (χ3v) is 7.07. The van der Waals surface area contributed by atoms with Gasteiger partial charge in [-0.15, -0.1) is 0 Å². The maximum Gasteiger partial charge on any atom is 1.00 e. The maximum atomic E-state index is 8.64. The van der Waals surface area contributed by atoms with Crippen LogP contribution in [0, 0.1) is 0 Å². The normalized spacial score (nSPS) is 11.5. The molecule has 41 heavy (non-hydrogen) atoms. The molecule has 7 nitrogen and oxygen atoms in total. The van der Waals surface area contributed by atoms with Gasteiger partial charge in [0.25, 0.3) is 0 Å². The summed E-state index contributed by atoms with van der Waals surface area (Å²) in [6.07, 6.45) is 7.97. The van der Waals surface area contributed by atoms with Crippen LogP contribution in [0.2, 0.25) is 0 Å². The Kier molecular flexibility index (Phi) is 33.6. The summed E-state index contributed by atoms with van der Waals surface area (Å²) in [6, 6.07) is 11.8. The van der Waals surface area contributed by atoms with E-state index in [1.807, 2.05) is 36.4 Å². The van der Waals surface area contributed by atoms with Crippen molar-refractivity contribution in [3.05, 3.63) is 56.5 Å². The van der Waals surface area contributed by atoms with Gasteiger partial charge >= 0.3 is 29.6 Å². The van der Waals surface area contributed by atoms with Crippen LogP contribution in [-0.2, 0) is 21.4 Å². The molecule has 0 aromatic heterocycles. The minimum Gasteiger partial charge on any atom is -1.00 e. The van der Waals surface area contributed by atoms with E-state index in [1.165, 1.54) is 12.8 Å². The van der Waals surface area contributed by atoms with Gasteiger partial charge in [0.2, 0.25) is 0 Å². The van der Waals surface area contributed by atoms with Gasteiger partial charge in [0.05, 0.1) is 20.8 Å². The SMILES string of the molecule is C1CCOC1.COc1ccc(Br)cc1CBr.COc1ccc(Br)cc1COCCCCCO.OCCCCCO.[H-].[Na+]. The van der Waals surface area contributed by atoms with E-state index in [-0.39, 0.29) is 50.8 Å². The van der Waals surface area contributed by atoms with E-state index in [0.717, 1.165) is 95.2 Å². The summed E-state index contributed by atoms with van der Waals surface area (Å²) in [5.41, 5.74) is 2.20. The third-order valence-electron chi connectivity index (χ3n) is 5.48. The van der Waals surface area contributed by atoms with Crippen LogP contribution in [0.25, 0.3) is 0 Å². The van der Waals surface area contributed by atoms with E-state index in [2.05, 4.69) is 47.8 Å². The van der Waals surface area contributed by atoms with E-state index in [0.29, 0.717) is 6.61 Å². The molecule has 2 aromatic rings. The van der Waals surface area contributed by atoms with Gasteiger partial charge in [-0.3, -0.25) is 0 Å². The van der Waals surface area contributed by atoms with Crippen LogP contribution in [-0.4, -0.2) is 69.2 Å². The Bertz CT molecular complexity index is 854. The van der Waals surface area contributed by atoms with Crippen molar-refractivity contribution in [1.29, 1.82) is 0 Å². The number of hydrogen-bond acceptors (Lipinski definition) is 7.